The lowest BCUT2D eigenvalue weighted by molar-refractivity contribution is -0.00398. The number of anilines is 1. The van der Waals surface area contributed by atoms with Gasteiger partial charge in [0.15, 0.2) is 5.82 Å². The number of hydrogen-bond donors (Lipinski definition) is 1. The summed E-state index contributed by atoms with van der Waals surface area (Å²) >= 11 is 0. The summed E-state index contributed by atoms with van der Waals surface area (Å²) in [5.41, 5.74) is 1.74. The fraction of sp³-hybridized carbons (Fsp3) is 0.438. The molecule has 2 heterocycles. The Hall–Kier alpha value is -1.75. The number of pyridine rings is 1. The Labute approximate surface area is 121 Å². The van der Waals surface area contributed by atoms with E-state index in [2.05, 4.69) is 9.88 Å². The summed E-state index contributed by atoms with van der Waals surface area (Å²) in [6.07, 6.45) is 0.592. The Morgan fingerprint density at radius 1 is 1.24 bits per heavy atom. The summed E-state index contributed by atoms with van der Waals surface area (Å²) in [7, 11) is 0. The summed E-state index contributed by atoms with van der Waals surface area (Å²) in [5.74, 6) is -0.444. The van der Waals surface area contributed by atoms with Crippen LogP contribution in [0.5, 0.6) is 0 Å². The van der Waals surface area contributed by atoms with Gasteiger partial charge in [-0.05, 0) is 31.4 Å². The van der Waals surface area contributed by atoms with Crippen molar-refractivity contribution in [3.63, 3.8) is 0 Å². The molecular formula is C16H16F2N2O. The second-order valence-electron chi connectivity index (χ2n) is 6.20. The molecule has 1 aromatic carbocycles. The topological polar surface area (TPSA) is 36.4 Å². The number of hydrogen-bond acceptors (Lipinski definition) is 3. The van der Waals surface area contributed by atoms with Crippen molar-refractivity contribution in [2.24, 2.45) is 11.8 Å². The molecule has 5 heteroatoms. The normalized spacial score (nSPS) is 27.8. The SMILES string of the molecule is Cc1cc(N2C[C@H]3C[C@H](O)[C@H]3C2)c2cc(F)cc(F)c2n1. The number of aromatic nitrogens is 1. The Morgan fingerprint density at radius 3 is 2.76 bits per heavy atom. The van der Waals surface area contributed by atoms with Gasteiger partial charge in [-0.25, -0.2) is 13.8 Å². The Balaban J connectivity index is 1.85. The monoisotopic (exact) mass is 290 g/mol. The van der Waals surface area contributed by atoms with E-state index in [1.807, 2.05) is 13.0 Å². The van der Waals surface area contributed by atoms with Crippen LogP contribution in [0.1, 0.15) is 12.1 Å². The first-order chi connectivity index (χ1) is 10.0. The third kappa shape index (κ3) is 1.91. The summed E-state index contributed by atoms with van der Waals surface area (Å²) in [5, 5.41) is 10.3. The summed E-state index contributed by atoms with van der Waals surface area (Å²) in [6, 6.07) is 4.09. The molecule has 0 unspecified atom stereocenters. The van der Waals surface area contributed by atoms with Crippen LogP contribution in [0.15, 0.2) is 18.2 Å². The highest BCUT2D eigenvalue weighted by atomic mass is 19.1. The zero-order valence-corrected chi connectivity index (χ0v) is 11.7. The van der Waals surface area contributed by atoms with Crippen LogP contribution < -0.4 is 4.90 Å². The summed E-state index contributed by atoms with van der Waals surface area (Å²) in [4.78, 5) is 6.33. The lowest BCUT2D eigenvalue weighted by Gasteiger charge is -2.34. The molecule has 2 aliphatic rings. The maximum atomic E-state index is 14.0. The number of fused-ring (bicyclic) bond motifs is 2. The minimum atomic E-state index is -0.628. The van der Waals surface area contributed by atoms with Crippen LogP contribution in [0.2, 0.25) is 0 Å². The van der Waals surface area contributed by atoms with Crippen LogP contribution in [0.4, 0.5) is 14.5 Å². The molecule has 3 atom stereocenters. The van der Waals surface area contributed by atoms with Gasteiger partial charge in [0.05, 0.1) is 6.10 Å². The molecule has 21 heavy (non-hydrogen) atoms. The van der Waals surface area contributed by atoms with E-state index in [-0.39, 0.29) is 17.5 Å². The van der Waals surface area contributed by atoms with Gasteiger partial charge in [-0.2, -0.15) is 0 Å². The average molecular weight is 290 g/mol. The van der Waals surface area contributed by atoms with E-state index in [1.54, 1.807) is 0 Å². The number of rotatable bonds is 1. The quantitative estimate of drug-likeness (QED) is 0.877. The molecule has 0 amide bonds. The van der Waals surface area contributed by atoms with Gasteiger partial charge in [0.1, 0.15) is 11.3 Å². The molecule has 3 nitrogen and oxygen atoms in total. The molecule has 1 saturated carbocycles. The first kappa shape index (κ1) is 13.0. The zero-order chi connectivity index (χ0) is 14.7. The van der Waals surface area contributed by atoms with Gasteiger partial charge >= 0.3 is 0 Å². The van der Waals surface area contributed by atoms with Gasteiger partial charge in [-0.3, -0.25) is 0 Å². The Bertz CT molecular complexity index is 734. The number of halogens is 2. The first-order valence-corrected chi connectivity index (χ1v) is 7.22. The van der Waals surface area contributed by atoms with Gasteiger partial charge in [0.25, 0.3) is 0 Å². The molecule has 110 valence electrons. The van der Waals surface area contributed by atoms with Crippen molar-refractivity contribution in [2.75, 3.05) is 18.0 Å². The number of benzene rings is 1. The first-order valence-electron chi connectivity index (χ1n) is 7.22. The van der Waals surface area contributed by atoms with Crippen molar-refractivity contribution in [2.45, 2.75) is 19.4 Å². The van der Waals surface area contributed by atoms with Crippen molar-refractivity contribution in [3.8, 4) is 0 Å². The Morgan fingerprint density at radius 2 is 2.05 bits per heavy atom. The largest absolute Gasteiger partial charge is 0.393 e. The lowest BCUT2D eigenvalue weighted by Crippen LogP contribution is -2.39. The van der Waals surface area contributed by atoms with E-state index < -0.39 is 11.6 Å². The number of aryl methyl sites for hydroxylation is 1. The van der Waals surface area contributed by atoms with Crippen molar-refractivity contribution < 1.29 is 13.9 Å². The van der Waals surface area contributed by atoms with Gasteiger partial charge in [0.2, 0.25) is 0 Å². The van der Waals surface area contributed by atoms with Crippen molar-refractivity contribution >= 4 is 16.6 Å². The van der Waals surface area contributed by atoms with E-state index in [4.69, 9.17) is 0 Å². The van der Waals surface area contributed by atoms with Gasteiger partial charge in [0, 0.05) is 41.8 Å². The molecule has 0 bridgehead atoms. The molecule has 1 aromatic heterocycles. The van der Waals surface area contributed by atoms with E-state index in [1.165, 1.54) is 6.07 Å². The molecule has 2 aromatic rings. The second kappa shape index (κ2) is 4.37. The maximum Gasteiger partial charge on any atom is 0.152 e. The van der Waals surface area contributed by atoms with E-state index in [0.717, 1.165) is 31.3 Å². The number of aliphatic hydroxyl groups is 1. The van der Waals surface area contributed by atoms with E-state index >= 15 is 0 Å². The third-order valence-electron chi connectivity index (χ3n) is 4.81. The summed E-state index contributed by atoms with van der Waals surface area (Å²) < 4.78 is 27.5. The summed E-state index contributed by atoms with van der Waals surface area (Å²) in [6.45, 7) is 3.38. The van der Waals surface area contributed by atoms with Gasteiger partial charge < -0.3 is 10.0 Å². The fourth-order valence-corrected chi connectivity index (χ4v) is 3.69. The molecular weight excluding hydrogens is 274 g/mol. The van der Waals surface area contributed by atoms with Crippen LogP contribution in [0.25, 0.3) is 10.9 Å². The van der Waals surface area contributed by atoms with Crippen molar-refractivity contribution in [1.29, 1.82) is 0 Å². The van der Waals surface area contributed by atoms with E-state index in [9.17, 15) is 13.9 Å². The van der Waals surface area contributed by atoms with E-state index in [0.29, 0.717) is 17.0 Å². The minimum Gasteiger partial charge on any atom is -0.393 e. The molecule has 0 spiro atoms. The highest BCUT2D eigenvalue weighted by Gasteiger charge is 2.46. The smallest absolute Gasteiger partial charge is 0.152 e. The van der Waals surface area contributed by atoms with Crippen LogP contribution in [-0.2, 0) is 0 Å². The molecule has 0 radical (unpaired) electrons. The fourth-order valence-electron chi connectivity index (χ4n) is 3.69. The third-order valence-corrected chi connectivity index (χ3v) is 4.81. The lowest BCUT2D eigenvalue weighted by atomic mass is 9.74. The number of nitrogens with zero attached hydrogens (tertiary/aromatic N) is 2. The Kier molecular flexibility index (Phi) is 2.70. The van der Waals surface area contributed by atoms with Gasteiger partial charge in [-0.15, -0.1) is 0 Å². The molecule has 2 fully saturated rings. The van der Waals surface area contributed by atoms with Crippen molar-refractivity contribution in [1.82, 2.24) is 4.98 Å². The molecule has 1 saturated heterocycles. The molecule has 1 aliphatic carbocycles. The number of aliphatic hydroxyl groups excluding tert-OH is 1. The van der Waals surface area contributed by atoms with Crippen LogP contribution >= 0.6 is 0 Å². The predicted octanol–water partition coefficient (Wildman–Crippen LogP) is 2.64. The zero-order valence-electron chi connectivity index (χ0n) is 11.7. The molecule has 4 rings (SSSR count). The predicted molar refractivity (Wildman–Crippen MR) is 76.2 cm³/mol. The van der Waals surface area contributed by atoms with Crippen molar-refractivity contribution in [3.05, 3.63) is 35.5 Å². The van der Waals surface area contributed by atoms with Gasteiger partial charge in [-0.1, -0.05) is 0 Å². The maximum absolute atomic E-state index is 14.0. The average Bonchev–Trinajstić information content (AvgIpc) is 2.76. The minimum absolute atomic E-state index is 0.214. The highest BCUT2D eigenvalue weighted by molar-refractivity contribution is 5.92. The van der Waals surface area contributed by atoms with Crippen LogP contribution in [0.3, 0.4) is 0 Å². The standard InChI is InChI=1S/C16H16F2N2O/c1-8-2-14(20-6-9-3-15(21)12(9)7-20)11-4-10(17)5-13(18)16(11)19-8/h2,4-5,9,12,15,21H,3,6-7H2,1H3/t9-,12+,15+/m1/s1. The van der Waals surface area contributed by atoms with Crippen LogP contribution in [-0.4, -0.2) is 29.3 Å². The van der Waals surface area contributed by atoms with Crippen LogP contribution in [0, 0.1) is 30.4 Å². The highest BCUT2D eigenvalue weighted by Crippen LogP contribution is 2.43. The molecule has 1 N–H and O–H groups in total. The second-order valence-corrected chi connectivity index (χ2v) is 6.20. The molecule has 1 aliphatic heterocycles.